The number of halogens is 1. The van der Waals surface area contributed by atoms with Crippen LogP contribution >= 0.6 is 34.5 Å². The predicted octanol–water partition coefficient (Wildman–Crippen LogP) is 3.53. The van der Waals surface area contributed by atoms with Gasteiger partial charge < -0.3 is 0 Å². The molecule has 2 aromatic rings. The zero-order valence-electron chi connectivity index (χ0n) is 8.13. The van der Waals surface area contributed by atoms with Crippen molar-refractivity contribution in [3.8, 4) is 0 Å². The van der Waals surface area contributed by atoms with Gasteiger partial charge in [0.1, 0.15) is 4.01 Å². The van der Waals surface area contributed by atoms with Crippen LogP contribution in [-0.2, 0) is 5.54 Å². The number of fused-ring (bicyclic) bond motifs is 1. The maximum absolute atomic E-state index is 11.9. The summed E-state index contributed by atoms with van der Waals surface area (Å²) in [5.41, 5.74) is -0.0758. The summed E-state index contributed by atoms with van der Waals surface area (Å²) in [5, 5.41) is 0.750. The molecule has 0 saturated heterocycles. The number of nitrogens with zero attached hydrogens (tertiary/aromatic N) is 1. The van der Waals surface area contributed by atoms with Crippen LogP contribution < -0.4 is 5.56 Å². The molecule has 2 heterocycles. The SMILES string of the molecule is CC(C)(C)n1sc2sc(Cl)cc2c1=O. The van der Waals surface area contributed by atoms with E-state index in [1.54, 1.807) is 10.0 Å². The van der Waals surface area contributed by atoms with Crippen molar-refractivity contribution < 1.29 is 0 Å². The molecule has 0 fully saturated rings. The van der Waals surface area contributed by atoms with Gasteiger partial charge in [-0.2, -0.15) is 0 Å². The summed E-state index contributed by atoms with van der Waals surface area (Å²) in [6.45, 7) is 6.07. The second-order valence-electron chi connectivity index (χ2n) is 4.11. The fourth-order valence-corrected chi connectivity index (χ4v) is 3.83. The van der Waals surface area contributed by atoms with Gasteiger partial charge in [0.25, 0.3) is 5.56 Å². The summed E-state index contributed by atoms with van der Waals surface area (Å²) in [4.78, 5) is 11.9. The lowest BCUT2D eigenvalue weighted by Crippen LogP contribution is -2.29. The van der Waals surface area contributed by atoms with E-state index in [2.05, 4.69) is 0 Å². The molecule has 0 N–H and O–H groups in total. The molecular formula is C9H10ClNOS2. The van der Waals surface area contributed by atoms with E-state index in [1.807, 2.05) is 20.8 Å². The monoisotopic (exact) mass is 247 g/mol. The third-order valence-electron chi connectivity index (χ3n) is 1.87. The highest BCUT2D eigenvalue weighted by Crippen LogP contribution is 2.32. The average molecular weight is 248 g/mol. The van der Waals surface area contributed by atoms with Crippen molar-refractivity contribution in [2.75, 3.05) is 0 Å². The first kappa shape index (κ1) is 10.2. The van der Waals surface area contributed by atoms with E-state index >= 15 is 0 Å². The minimum absolute atomic E-state index is 0.0700. The zero-order chi connectivity index (χ0) is 10.5. The van der Waals surface area contributed by atoms with Crippen molar-refractivity contribution in [1.82, 2.24) is 3.96 Å². The summed E-state index contributed by atoms with van der Waals surface area (Å²) in [7, 11) is 0. The average Bonchev–Trinajstić information content (AvgIpc) is 2.49. The van der Waals surface area contributed by atoms with Crippen LogP contribution in [0.3, 0.4) is 0 Å². The fourth-order valence-electron chi connectivity index (χ4n) is 1.24. The third-order valence-corrected chi connectivity index (χ3v) is 4.68. The van der Waals surface area contributed by atoms with Gasteiger partial charge in [0.2, 0.25) is 0 Å². The Morgan fingerprint density at radius 1 is 1.43 bits per heavy atom. The van der Waals surface area contributed by atoms with Crippen LogP contribution in [0.15, 0.2) is 10.9 Å². The summed E-state index contributed by atoms with van der Waals surface area (Å²) in [5.74, 6) is 0. The van der Waals surface area contributed by atoms with Gasteiger partial charge in [-0.15, -0.1) is 11.3 Å². The smallest absolute Gasteiger partial charge is 0.268 e. The molecule has 14 heavy (non-hydrogen) atoms. The number of aromatic nitrogens is 1. The Balaban J connectivity index is 2.77. The quantitative estimate of drug-likeness (QED) is 0.698. The Bertz CT molecular complexity index is 529. The van der Waals surface area contributed by atoms with Crippen LogP contribution in [-0.4, -0.2) is 3.96 Å². The Morgan fingerprint density at radius 3 is 2.57 bits per heavy atom. The van der Waals surface area contributed by atoms with Crippen LogP contribution in [0.1, 0.15) is 20.8 Å². The maximum Gasteiger partial charge on any atom is 0.269 e. The topological polar surface area (TPSA) is 22.0 Å². The van der Waals surface area contributed by atoms with Crippen molar-refractivity contribution in [3.05, 3.63) is 20.8 Å². The molecule has 0 bridgehead atoms. The lowest BCUT2D eigenvalue weighted by Gasteiger charge is -2.17. The second-order valence-corrected chi connectivity index (χ2v) is 7.01. The summed E-state index contributed by atoms with van der Waals surface area (Å²) < 4.78 is 3.49. The summed E-state index contributed by atoms with van der Waals surface area (Å²) in [6, 6.07) is 1.75. The van der Waals surface area contributed by atoms with E-state index in [1.165, 1.54) is 22.9 Å². The fraction of sp³-hybridized carbons (Fsp3) is 0.444. The molecule has 76 valence electrons. The van der Waals surface area contributed by atoms with Crippen molar-refractivity contribution in [2.45, 2.75) is 26.3 Å². The highest BCUT2D eigenvalue weighted by atomic mass is 35.5. The maximum atomic E-state index is 11.9. The van der Waals surface area contributed by atoms with Gasteiger partial charge in [-0.1, -0.05) is 11.6 Å². The molecule has 0 atom stereocenters. The molecule has 2 nitrogen and oxygen atoms in total. The molecule has 0 saturated carbocycles. The molecule has 2 aromatic heterocycles. The molecule has 0 radical (unpaired) electrons. The van der Waals surface area contributed by atoms with Crippen molar-refractivity contribution >= 4 is 43.9 Å². The van der Waals surface area contributed by atoms with Crippen LogP contribution in [0.4, 0.5) is 0 Å². The molecule has 0 aliphatic heterocycles. The molecule has 0 amide bonds. The molecule has 0 unspecified atom stereocenters. The Morgan fingerprint density at radius 2 is 2.07 bits per heavy atom. The highest BCUT2D eigenvalue weighted by Gasteiger charge is 2.20. The normalized spacial score (nSPS) is 12.6. The molecule has 0 aliphatic rings. The molecule has 5 heteroatoms. The van der Waals surface area contributed by atoms with Crippen LogP contribution in [0.2, 0.25) is 4.34 Å². The van der Waals surface area contributed by atoms with Gasteiger partial charge >= 0.3 is 0 Å². The predicted molar refractivity (Wildman–Crippen MR) is 64.0 cm³/mol. The van der Waals surface area contributed by atoms with Gasteiger partial charge in [-0.3, -0.25) is 8.75 Å². The molecule has 0 aliphatic carbocycles. The van der Waals surface area contributed by atoms with Crippen molar-refractivity contribution in [2.24, 2.45) is 0 Å². The first-order valence-corrected chi connectivity index (χ1v) is 6.18. The Kier molecular flexibility index (Phi) is 2.25. The van der Waals surface area contributed by atoms with Crippen LogP contribution in [0.25, 0.3) is 9.40 Å². The van der Waals surface area contributed by atoms with E-state index in [0.717, 1.165) is 9.40 Å². The molecule has 0 aromatic carbocycles. The summed E-state index contributed by atoms with van der Waals surface area (Å²) in [6.07, 6.45) is 0. The van der Waals surface area contributed by atoms with Gasteiger partial charge in [0.15, 0.2) is 0 Å². The molecule has 0 spiro atoms. The standard InChI is InChI=1S/C9H10ClNOS2/c1-9(2,3)11-7(12)5-4-6(10)13-8(5)14-11/h4H,1-3H3. The van der Waals surface area contributed by atoms with Crippen LogP contribution in [0, 0.1) is 0 Å². The number of hydrogen-bond acceptors (Lipinski definition) is 3. The van der Waals surface area contributed by atoms with Gasteiger partial charge in [0.05, 0.1) is 15.3 Å². The van der Waals surface area contributed by atoms with Crippen molar-refractivity contribution in [1.29, 1.82) is 0 Å². The Hall–Kier alpha value is -0.320. The lowest BCUT2D eigenvalue weighted by molar-refractivity contribution is 0.420. The number of rotatable bonds is 0. The third kappa shape index (κ3) is 1.51. The minimum Gasteiger partial charge on any atom is -0.268 e. The minimum atomic E-state index is -0.146. The zero-order valence-corrected chi connectivity index (χ0v) is 10.5. The van der Waals surface area contributed by atoms with Crippen LogP contribution in [0.5, 0.6) is 0 Å². The molecular weight excluding hydrogens is 238 g/mol. The van der Waals surface area contributed by atoms with Gasteiger partial charge in [-0.05, 0) is 38.4 Å². The van der Waals surface area contributed by atoms with E-state index < -0.39 is 0 Å². The number of hydrogen-bond donors (Lipinski definition) is 0. The van der Waals surface area contributed by atoms with E-state index in [9.17, 15) is 4.79 Å². The second kappa shape index (κ2) is 3.08. The van der Waals surface area contributed by atoms with E-state index in [-0.39, 0.29) is 11.1 Å². The van der Waals surface area contributed by atoms with Gasteiger partial charge in [0, 0.05) is 0 Å². The lowest BCUT2D eigenvalue weighted by atomic mass is 10.1. The Labute approximate surface area is 94.9 Å². The van der Waals surface area contributed by atoms with Crippen molar-refractivity contribution in [3.63, 3.8) is 0 Å². The first-order valence-electron chi connectivity index (χ1n) is 4.21. The van der Waals surface area contributed by atoms with E-state index in [0.29, 0.717) is 4.34 Å². The van der Waals surface area contributed by atoms with Gasteiger partial charge in [-0.25, -0.2) is 0 Å². The number of thiophene rings is 1. The highest BCUT2D eigenvalue weighted by molar-refractivity contribution is 7.37. The largest absolute Gasteiger partial charge is 0.269 e. The van der Waals surface area contributed by atoms with E-state index in [4.69, 9.17) is 11.6 Å². The molecule has 2 rings (SSSR count). The first-order chi connectivity index (χ1) is 6.39. The summed E-state index contributed by atoms with van der Waals surface area (Å²) >= 11 is 8.80.